The fraction of sp³-hybridized carbons (Fsp3) is 0. The first-order chi connectivity index (χ1) is 5.65. The molecular formula is C9H6Cl2O. The third kappa shape index (κ3) is 1.87. The van der Waals surface area contributed by atoms with E-state index in [1.165, 1.54) is 0 Å². The Balaban J connectivity index is 3.13. The molecule has 0 radical (unpaired) electrons. The van der Waals surface area contributed by atoms with E-state index >= 15 is 0 Å². The van der Waals surface area contributed by atoms with Gasteiger partial charge in [0.2, 0.25) is 0 Å². The molecule has 0 bridgehead atoms. The zero-order valence-electron chi connectivity index (χ0n) is 6.18. The molecule has 0 spiro atoms. The van der Waals surface area contributed by atoms with E-state index in [1.807, 2.05) is 0 Å². The standard InChI is InChI=1S/C9H6Cl2O/c1-6(5-12)7-2-3-8(10)9(11)4-7/h2-5H,1H2. The Morgan fingerprint density at radius 3 is 2.50 bits per heavy atom. The molecule has 0 aromatic heterocycles. The molecule has 0 saturated carbocycles. The van der Waals surface area contributed by atoms with Crippen LogP contribution in [0.3, 0.4) is 0 Å². The molecule has 1 aromatic carbocycles. The van der Waals surface area contributed by atoms with Gasteiger partial charge in [0.25, 0.3) is 0 Å². The molecule has 0 N–H and O–H groups in total. The number of rotatable bonds is 2. The Bertz CT molecular complexity index is 331. The average molecular weight is 201 g/mol. The second-order valence-electron chi connectivity index (χ2n) is 2.27. The van der Waals surface area contributed by atoms with E-state index in [2.05, 4.69) is 6.58 Å². The second kappa shape index (κ2) is 3.74. The van der Waals surface area contributed by atoms with Gasteiger partial charge in [0.05, 0.1) is 10.0 Å². The van der Waals surface area contributed by atoms with Gasteiger partial charge in [-0.15, -0.1) is 0 Å². The first kappa shape index (κ1) is 9.30. The molecule has 0 aliphatic rings. The molecule has 0 atom stereocenters. The van der Waals surface area contributed by atoms with Gasteiger partial charge in [0.1, 0.15) is 6.29 Å². The van der Waals surface area contributed by atoms with Gasteiger partial charge in [-0.1, -0.05) is 35.8 Å². The van der Waals surface area contributed by atoms with Crippen molar-refractivity contribution >= 4 is 35.1 Å². The molecule has 1 nitrogen and oxygen atoms in total. The summed E-state index contributed by atoms with van der Waals surface area (Å²) in [7, 11) is 0. The van der Waals surface area contributed by atoms with E-state index < -0.39 is 0 Å². The van der Waals surface area contributed by atoms with Gasteiger partial charge in [-0.05, 0) is 17.7 Å². The minimum absolute atomic E-state index is 0.397. The van der Waals surface area contributed by atoms with Crippen molar-refractivity contribution in [1.29, 1.82) is 0 Å². The Hall–Kier alpha value is -0.790. The van der Waals surface area contributed by atoms with Gasteiger partial charge in [-0.3, -0.25) is 4.79 Å². The van der Waals surface area contributed by atoms with Crippen LogP contribution in [0, 0.1) is 0 Å². The summed E-state index contributed by atoms with van der Waals surface area (Å²) in [5.74, 6) is 0. The quantitative estimate of drug-likeness (QED) is 0.530. The van der Waals surface area contributed by atoms with Crippen LogP contribution in [0.5, 0.6) is 0 Å². The SMILES string of the molecule is C=C(C=O)c1ccc(Cl)c(Cl)c1. The van der Waals surface area contributed by atoms with Crippen LogP contribution in [0.2, 0.25) is 10.0 Å². The molecule has 62 valence electrons. The summed E-state index contributed by atoms with van der Waals surface area (Å²) >= 11 is 11.4. The smallest absolute Gasteiger partial charge is 0.150 e. The van der Waals surface area contributed by atoms with E-state index in [0.29, 0.717) is 27.5 Å². The average Bonchev–Trinajstić information content (AvgIpc) is 2.08. The van der Waals surface area contributed by atoms with Crippen molar-refractivity contribution in [2.24, 2.45) is 0 Å². The van der Waals surface area contributed by atoms with Crippen LogP contribution in [0.1, 0.15) is 5.56 Å². The summed E-state index contributed by atoms with van der Waals surface area (Å²) in [5.41, 5.74) is 1.09. The highest BCUT2D eigenvalue weighted by atomic mass is 35.5. The molecule has 1 aromatic rings. The highest BCUT2D eigenvalue weighted by Crippen LogP contribution is 2.24. The number of allylic oxidation sites excluding steroid dienone is 1. The molecule has 0 heterocycles. The van der Waals surface area contributed by atoms with Gasteiger partial charge < -0.3 is 0 Å². The summed E-state index contributed by atoms with van der Waals surface area (Å²) in [4.78, 5) is 10.3. The number of hydrogen-bond acceptors (Lipinski definition) is 1. The topological polar surface area (TPSA) is 17.1 Å². The van der Waals surface area contributed by atoms with E-state index in [4.69, 9.17) is 23.2 Å². The molecule has 0 aliphatic carbocycles. The number of aldehydes is 1. The lowest BCUT2D eigenvalue weighted by atomic mass is 10.1. The molecular weight excluding hydrogens is 195 g/mol. The Morgan fingerprint density at radius 1 is 1.33 bits per heavy atom. The van der Waals surface area contributed by atoms with E-state index in [1.54, 1.807) is 18.2 Å². The summed E-state index contributed by atoms with van der Waals surface area (Å²) in [6.07, 6.45) is 0.680. The predicted molar refractivity (Wildman–Crippen MR) is 51.6 cm³/mol. The first-order valence-corrected chi connectivity index (χ1v) is 4.00. The van der Waals surface area contributed by atoms with Crippen molar-refractivity contribution in [1.82, 2.24) is 0 Å². The highest BCUT2D eigenvalue weighted by Gasteiger charge is 2.01. The van der Waals surface area contributed by atoms with Crippen LogP contribution in [0.25, 0.3) is 5.57 Å². The minimum atomic E-state index is 0.397. The molecule has 0 unspecified atom stereocenters. The van der Waals surface area contributed by atoms with E-state index in [9.17, 15) is 4.79 Å². The minimum Gasteiger partial charge on any atom is -0.298 e. The van der Waals surface area contributed by atoms with Gasteiger partial charge in [-0.2, -0.15) is 0 Å². The molecule has 3 heteroatoms. The summed E-state index contributed by atoms with van der Waals surface area (Å²) in [6.45, 7) is 3.54. The zero-order chi connectivity index (χ0) is 9.14. The van der Waals surface area contributed by atoms with Crippen LogP contribution in [0.15, 0.2) is 24.8 Å². The van der Waals surface area contributed by atoms with Crippen molar-refractivity contribution < 1.29 is 4.79 Å². The van der Waals surface area contributed by atoms with Crippen molar-refractivity contribution in [3.8, 4) is 0 Å². The third-order valence-corrected chi connectivity index (χ3v) is 2.17. The molecule has 12 heavy (non-hydrogen) atoms. The highest BCUT2D eigenvalue weighted by molar-refractivity contribution is 6.42. The van der Waals surface area contributed by atoms with E-state index in [-0.39, 0.29) is 0 Å². The maximum Gasteiger partial charge on any atom is 0.150 e. The predicted octanol–water partition coefficient (Wildman–Crippen LogP) is 3.21. The van der Waals surface area contributed by atoms with Crippen molar-refractivity contribution in [2.45, 2.75) is 0 Å². The van der Waals surface area contributed by atoms with E-state index in [0.717, 1.165) is 0 Å². The Kier molecular flexibility index (Phi) is 2.90. The summed E-state index contributed by atoms with van der Waals surface area (Å²) in [6, 6.07) is 4.94. The van der Waals surface area contributed by atoms with Gasteiger partial charge >= 0.3 is 0 Å². The Morgan fingerprint density at radius 2 is 2.00 bits per heavy atom. The fourth-order valence-corrected chi connectivity index (χ4v) is 1.06. The number of carbonyl (C=O) groups excluding carboxylic acids is 1. The number of benzene rings is 1. The summed E-state index contributed by atoms with van der Waals surface area (Å²) in [5, 5.41) is 0.899. The zero-order valence-corrected chi connectivity index (χ0v) is 7.69. The van der Waals surface area contributed by atoms with Crippen LogP contribution in [-0.4, -0.2) is 6.29 Å². The van der Waals surface area contributed by atoms with Crippen molar-refractivity contribution in [3.05, 3.63) is 40.4 Å². The lowest BCUT2D eigenvalue weighted by Crippen LogP contribution is -1.83. The van der Waals surface area contributed by atoms with Gasteiger partial charge in [-0.25, -0.2) is 0 Å². The molecule has 0 saturated heterocycles. The van der Waals surface area contributed by atoms with Crippen molar-refractivity contribution in [2.75, 3.05) is 0 Å². The van der Waals surface area contributed by atoms with Crippen LogP contribution in [0.4, 0.5) is 0 Å². The van der Waals surface area contributed by atoms with Crippen molar-refractivity contribution in [3.63, 3.8) is 0 Å². The van der Waals surface area contributed by atoms with Crippen LogP contribution in [-0.2, 0) is 4.79 Å². The molecule has 0 fully saturated rings. The second-order valence-corrected chi connectivity index (χ2v) is 3.09. The molecule has 1 rings (SSSR count). The maximum atomic E-state index is 10.3. The normalized spacial score (nSPS) is 9.50. The number of carbonyl (C=O) groups is 1. The fourth-order valence-electron chi connectivity index (χ4n) is 0.764. The lowest BCUT2D eigenvalue weighted by molar-refractivity contribution is -0.103. The first-order valence-electron chi connectivity index (χ1n) is 3.24. The van der Waals surface area contributed by atoms with Gasteiger partial charge in [0.15, 0.2) is 0 Å². The molecule has 0 aliphatic heterocycles. The number of halogens is 2. The van der Waals surface area contributed by atoms with Crippen LogP contribution < -0.4 is 0 Å². The summed E-state index contributed by atoms with van der Waals surface area (Å²) < 4.78 is 0. The largest absolute Gasteiger partial charge is 0.298 e. The Labute approximate surface area is 80.6 Å². The monoisotopic (exact) mass is 200 g/mol. The number of hydrogen-bond donors (Lipinski definition) is 0. The third-order valence-electron chi connectivity index (χ3n) is 1.43. The van der Waals surface area contributed by atoms with Gasteiger partial charge in [0, 0.05) is 5.57 Å². The molecule has 0 amide bonds. The lowest BCUT2D eigenvalue weighted by Gasteiger charge is -1.99. The maximum absolute atomic E-state index is 10.3. The van der Waals surface area contributed by atoms with Crippen LogP contribution >= 0.6 is 23.2 Å².